The van der Waals surface area contributed by atoms with Gasteiger partial charge in [-0.1, -0.05) is 6.92 Å². The fourth-order valence-corrected chi connectivity index (χ4v) is 3.18. The van der Waals surface area contributed by atoms with Crippen molar-refractivity contribution in [3.05, 3.63) is 17.5 Å². The summed E-state index contributed by atoms with van der Waals surface area (Å²) in [5, 5.41) is 14.0. The minimum atomic E-state index is -0.317. The summed E-state index contributed by atoms with van der Waals surface area (Å²) in [6, 6.07) is 1.60. The second kappa shape index (κ2) is 5.95. The number of hydrogen-bond donors (Lipinski definition) is 1. The van der Waals surface area contributed by atoms with E-state index >= 15 is 0 Å². The maximum Gasteiger partial charge on any atom is 0.247 e. The van der Waals surface area contributed by atoms with Gasteiger partial charge in [-0.05, 0) is 45.6 Å². The first kappa shape index (κ1) is 15.0. The Kier molecular flexibility index (Phi) is 4.48. The molecule has 0 bridgehead atoms. The average molecular weight is 279 g/mol. The maximum absolute atomic E-state index is 12.7. The minimum Gasteiger partial charge on any atom is -0.394 e. The van der Waals surface area contributed by atoms with Gasteiger partial charge in [0.15, 0.2) is 0 Å². The van der Waals surface area contributed by atoms with E-state index in [4.69, 9.17) is 0 Å². The maximum atomic E-state index is 12.7. The zero-order chi connectivity index (χ0) is 14.9. The summed E-state index contributed by atoms with van der Waals surface area (Å²) in [5.41, 5.74) is 1.92. The van der Waals surface area contributed by atoms with E-state index in [1.54, 1.807) is 4.68 Å². The molecule has 5 nitrogen and oxygen atoms in total. The highest BCUT2D eigenvalue weighted by molar-refractivity contribution is 5.80. The van der Waals surface area contributed by atoms with Gasteiger partial charge in [0.25, 0.3) is 0 Å². The Balaban J connectivity index is 2.19. The molecule has 0 radical (unpaired) electrons. The number of likely N-dealkylation sites (tertiary alicyclic amines) is 1. The number of rotatable bonds is 3. The lowest BCUT2D eigenvalue weighted by Gasteiger charge is -2.40. The highest BCUT2D eigenvalue weighted by atomic mass is 16.3. The van der Waals surface area contributed by atoms with E-state index in [1.807, 2.05) is 31.7 Å². The van der Waals surface area contributed by atoms with Crippen molar-refractivity contribution >= 4 is 5.91 Å². The number of aliphatic hydroxyl groups is 1. The van der Waals surface area contributed by atoms with Crippen LogP contribution in [-0.2, 0) is 4.79 Å². The lowest BCUT2D eigenvalue weighted by Crippen LogP contribution is -2.51. The van der Waals surface area contributed by atoms with Crippen molar-refractivity contribution in [2.24, 2.45) is 5.92 Å². The van der Waals surface area contributed by atoms with Gasteiger partial charge in [0, 0.05) is 12.2 Å². The number of aryl methyl sites for hydroxylation is 2. The van der Waals surface area contributed by atoms with Crippen molar-refractivity contribution in [1.82, 2.24) is 14.7 Å². The standard InChI is InChI=1S/C15H25N3O2/c1-10-6-5-7-17(14(10)9-19)15(20)13(4)18-12(3)8-11(2)16-18/h8,10,13-14,19H,5-7,9H2,1-4H3. The van der Waals surface area contributed by atoms with Gasteiger partial charge in [-0.25, -0.2) is 0 Å². The molecule has 0 saturated carbocycles. The Labute approximate surface area is 120 Å². The molecule has 1 aliphatic heterocycles. The molecule has 0 aromatic carbocycles. The summed E-state index contributed by atoms with van der Waals surface area (Å²) in [7, 11) is 0. The fourth-order valence-electron chi connectivity index (χ4n) is 3.18. The number of carbonyl (C=O) groups is 1. The molecular formula is C15H25N3O2. The number of aromatic nitrogens is 2. The van der Waals surface area contributed by atoms with E-state index in [0.717, 1.165) is 30.8 Å². The number of aliphatic hydroxyl groups excluding tert-OH is 1. The molecule has 1 amide bonds. The fraction of sp³-hybridized carbons (Fsp3) is 0.733. The predicted octanol–water partition coefficient (Wildman–Crippen LogP) is 1.68. The van der Waals surface area contributed by atoms with Crippen molar-refractivity contribution in [2.45, 2.75) is 52.6 Å². The van der Waals surface area contributed by atoms with Crippen LogP contribution in [0.2, 0.25) is 0 Å². The molecule has 2 heterocycles. The van der Waals surface area contributed by atoms with Crippen molar-refractivity contribution in [3.8, 4) is 0 Å². The van der Waals surface area contributed by atoms with E-state index in [9.17, 15) is 9.90 Å². The summed E-state index contributed by atoms with van der Waals surface area (Å²) in [5.74, 6) is 0.409. The molecule has 1 aliphatic rings. The predicted molar refractivity (Wildman–Crippen MR) is 77.4 cm³/mol. The van der Waals surface area contributed by atoms with Gasteiger partial charge in [-0.15, -0.1) is 0 Å². The summed E-state index contributed by atoms with van der Waals surface area (Å²) in [4.78, 5) is 14.6. The van der Waals surface area contributed by atoms with Crippen LogP contribution in [0.1, 0.15) is 44.1 Å². The molecule has 0 spiro atoms. The molecule has 0 aliphatic carbocycles. The summed E-state index contributed by atoms with van der Waals surface area (Å²) in [6.07, 6.45) is 2.08. The third-order valence-corrected chi connectivity index (χ3v) is 4.35. The SMILES string of the molecule is Cc1cc(C)n(C(C)C(=O)N2CCCC(C)C2CO)n1. The summed E-state index contributed by atoms with van der Waals surface area (Å²) >= 11 is 0. The van der Waals surface area contributed by atoms with Crippen LogP contribution in [0.4, 0.5) is 0 Å². The topological polar surface area (TPSA) is 58.4 Å². The number of carbonyl (C=O) groups excluding carboxylic acids is 1. The Bertz CT molecular complexity index is 483. The molecule has 3 atom stereocenters. The van der Waals surface area contributed by atoms with Gasteiger partial charge in [-0.2, -0.15) is 5.10 Å². The second-order valence-corrected chi connectivity index (χ2v) is 5.95. The third-order valence-electron chi connectivity index (χ3n) is 4.35. The molecule has 20 heavy (non-hydrogen) atoms. The number of amides is 1. The van der Waals surface area contributed by atoms with Gasteiger partial charge >= 0.3 is 0 Å². The molecule has 1 aromatic heterocycles. The van der Waals surface area contributed by atoms with Crippen LogP contribution >= 0.6 is 0 Å². The van der Waals surface area contributed by atoms with Gasteiger partial charge in [-0.3, -0.25) is 9.48 Å². The molecule has 1 N–H and O–H groups in total. The van der Waals surface area contributed by atoms with Crippen molar-refractivity contribution < 1.29 is 9.90 Å². The largest absolute Gasteiger partial charge is 0.394 e. The molecule has 3 unspecified atom stereocenters. The molecule has 1 fully saturated rings. The Morgan fingerprint density at radius 3 is 2.80 bits per heavy atom. The zero-order valence-corrected chi connectivity index (χ0v) is 12.8. The first-order chi connectivity index (χ1) is 9.45. The van der Waals surface area contributed by atoms with Crippen LogP contribution < -0.4 is 0 Å². The summed E-state index contributed by atoms with van der Waals surface area (Å²) in [6.45, 7) is 8.66. The van der Waals surface area contributed by atoms with Crippen LogP contribution in [0.5, 0.6) is 0 Å². The van der Waals surface area contributed by atoms with E-state index in [1.165, 1.54) is 0 Å². The first-order valence-electron chi connectivity index (χ1n) is 7.39. The smallest absolute Gasteiger partial charge is 0.247 e. The van der Waals surface area contributed by atoms with Gasteiger partial charge in [0.05, 0.1) is 18.3 Å². The van der Waals surface area contributed by atoms with E-state index in [2.05, 4.69) is 12.0 Å². The van der Waals surface area contributed by atoms with Gasteiger partial charge in [0.2, 0.25) is 5.91 Å². The molecule has 5 heteroatoms. The molecule has 112 valence electrons. The highest BCUT2D eigenvalue weighted by Gasteiger charge is 2.34. The third kappa shape index (κ3) is 2.73. The monoisotopic (exact) mass is 279 g/mol. The van der Waals surface area contributed by atoms with E-state index in [0.29, 0.717) is 5.92 Å². The Hall–Kier alpha value is -1.36. The number of hydrogen-bond acceptors (Lipinski definition) is 3. The lowest BCUT2D eigenvalue weighted by atomic mass is 9.91. The Morgan fingerprint density at radius 1 is 1.55 bits per heavy atom. The molecule has 2 rings (SSSR count). The van der Waals surface area contributed by atoms with Crippen molar-refractivity contribution in [3.63, 3.8) is 0 Å². The van der Waals surface area contributed by atoms with Crippen molar-refractivity contribution in [1.29, 1.82) is 0 Å². The first-order valence-corrected chi connectivity index (χ1v) is 7.39. The normalized spacial score (nSPS) is 24.8. The van der Waals surface area contributed by atoms with E-state index < -0.39 is 0 Å². The lowest BCUT2D eigenvalue weighted by molar-refractivity contribution is -0.141. The van der Waals surface area contributed by atoms with Crippen LogP contribution in [0.15, 0.2) is 6.07 Å². The quantitative estimate of drug-likeness (QED) is 0.916. The molecule has 1 saturated heterocycles. The van der Waals surface area contributed by atoms with Crippen LogP contribution in [-0.4, -0.2) is 44.9 Å². The van der Waals surface area contributed by atoms with Crippen LogP contribution in [0.25, 0.3) is 0 Å². The summed E-state index contributed by atoms with van der Waals surface area (Å²) < 4.78 is 1.78. The van der Waals surface area contributed by atoms with Crippen LogP contribution in [0, 0.1) is 19.8 Å². The molecular weight excluding hydrogens is 254 g/mol. The molecule has 1 aromatic rings. The number of piperidine rings is 1. The van der Waals surface area contributed by atoms with Gasteiger partial charge in [0.1, 0.15) is 6.04 Å². The Morgan fingerprint density at radius 2 is 2.25 bits per heavy atom. The van der Waals surface area contributed by atoms with Crippen LogP contribution in [0.3, 0.4) is 0 Å². The zero-order valence-electron chi connectivity index (χ0n) is 12.8. The average Bonchev–Trinajstić information content (AvgIpc) is 2.75. The number of nitrogens with zero attached hydrogens (tertiary/aromatic N) is 3. The van der Waals surface area contributed by atoms with Gasteiger partial charge < -0.3 is 10.0 Å². The van der Waals surface area contributed by atoms with E-state index in [-0.39, 0.29) is 24.6 Å². The highest BCUT2D eigenvalue weighted by Crippen LogP contribution is 2.25. The van der Waals surface area contributed by atoms with Crippen molar-refractivity contribution in [2.75, 3.05) is 13.2 Å². The minimum absolute atomic E-state index is 0.0384. The second-order valence-electron chi connectivity index (χ2n) is 5.95.